The fourth-order valence-electron chi connectivity index (χ4n) is 2.52. The van der Waals surface area contributed by atoms with Crippen molar-refractivity contribution in [3.8, 4) is 0 Å². The van der Waals surface area contributed by atoms with Crippen LogP contribution in [0.25, 0.3) is 10.9 Å². The molecule has 1 aromatic heterocycles. The van der Waals surface area contributed by atoms with Crippen LogP contribution in [0.15, 0.2) is 42.5 Å². The average Bonchev–Trinajstić information content (AvgIpc) is 2.50. The molecule has 3 rings (SSSR count). The third kappa shape index (κ3) is 2.96. The van der Waals surface area contributed by atoms with E-state index in [4.69, 9.17) is 11.6 Å². The average molecular weight is 328 g/mol. The number of nitrogens with one attached hydrogen (secondary N) is 1. The summed E-state index contributed by atoms with van der Waals surface area (Å²) in [5.41, 5.74) is 3.82. The van der Waals surface area contributed by atoms with Crippen molar-refractivity contribution in [2.45, 2.75) is 13.8 Å². The first kappa shape index (κ1) is 15.2. The third-order valence-corrected chi connectivity index (χ3v) is 3.84. The molecular formula is C17H14ClN3O2. The predicted molar refractivity (Wildman–Crippen MR) is 92.6 cm³/mol. The van der Waals surface area contributed by atoms with Gasteiger partial charge in [0.1, 0.15) is 5.39 Å². The number of aromatic nitrogens is 1. The number of fused-ring (bicyclic) bond motifs is 1. The van der Waals surface area contributed by atoms with Crippen LogP contribution in [-0.4, -0.2) is 9.91 Å². The van der Waals surface area contributed by atoms with Crippen molar-refractivity contribution in [2.75, 3.05) is 5.32 Å². The summed E-state index contributed by atoms with van der Waals surface area (Å²) in [6, 6.07) is 12.2. The minimum absolute atomic E-state index is 0.0366. The van der Waals surface area contributed by atoms with Crippen LogP contribution >= 0.6 is 11.6 Å². The highest BCUT2D eigenvalue weighted by molar-refractivity contribution is 6.30. The molecule has 0 atom stereocenters. The Morgan fingerprint density at radius 3 is 2.48 bits per heavy atom. The van der Waals surface area contributed by atoms with Gasteiger partial charge in [-0.15, -0.1) is 0 Å². The molecule has 5 nitrogen and oxygen atoms in total. The molecule has 0 spiro atoms. The van der Waals surface area contributed by atoms with Gasteiger partial charge in [0, 0.05) is 22.5 Å². The smallest absolute Gasteiger partial charge is 0.280 e. The second kappa shape index (κ2) is 5.85. The summed E-state index contributed by atoms with van der Waals surface area (Å²) in [6.45, 7) is 3.76. The van der Waals surface area contributed by atoms with E-state index >= 15 is 0 Å². The fraction of sp³-hybridized carbons (Fsp3) is 0.118. The molecule has 0 aliphatic heterocycles. The molecule has 116 valence electrons. The molecule has 0 saturated heterocycles. The summed E-state index contributed by atoms with van der Waals surface area (Å²) < 4.78 is 0. The molecule has 6 heteroatoms. The molecule has 0 bridgehead atoms. The van der Waals surface area contributed by atoms with Gasteiger partial charge in [-0.3, -0.25) is 15.1 Å². The van der Waals surface area contributed by atoms with Crippen molar-refractivity contribution in [3.63, 3.8) is 0 Å². The summed E-state index contributed by atoms with van der Waals surface area (Å²) in [5.74, 6) is 0. The van der Waals surface area contributed by atoms with Crippen LogP contribution in [0, 0.1) is 24.0 Å². The number of nitro groups is 1. The van der Waals surface area contributed by atoms with Gasteiger partial charge in [-0.2, -0.15) is 0 Å². The van der Waals surface area contributed by atoms with Gasteiger partial charge in [0.15, 0.2) is 0 Å². The summed E-state index contributed by atoms with van der Waals surface area (Å²) in [4.78, 5) is 15.5. The van der Waals surface area contributed by atoms with Gasteiger partial charge >= 0.3 is 0 Å². The van der Waals surface area contributed by atoms with Crippen molar-refractivity contribution in [1.82, 2.24) is 4.98 Å². The molecule has 3 aromatic rings. The second-order valence-electron chi connectivity index (χ2n) is 5.33. The first-order valence-electron chi connectivity index (χ1n) is 7.03. The topological polar surface area (TPSA) is 68.1 Å². The van der Waals surface area contributed by atoms with E-state index in [-0.39, 0.29) is 10.6 Å². The Labute approximate surface area is 138 Å². The molecule has 0 unspecified atom stereocenters. The number of nitrogens with zero attached hydrogens (tertiary/aromatic N) is 2. The zero-order valence-electron chi connectivity index (χ0n) is 12.6. The van der Waals surface area contributed by atoms with E-state index in [2.05, 4.69) is 10.3 Å². The van der Waals surface area contributed by atoms with Crippen molar-refractivity contribution in [1.29, 1.82) is 0 Å². The fourth-order valence-corrected chi connectivity index (χ4v) is 2.65. The lowest BCUT2D eigenvalue weighted by atomic mass is 10.1. The quantitative estimate of drug-likeness (QED) is 0.533. The molecular weight excluding hydrogens is 314 g/mol. The van der Waals surface area contributed by atoms with Crippen LogP contribution in [0.5, 0.6) is 0 Å². The summed E-state index contributed by atoms with van der Waals surface area (Å²) in [5, 5.41) is 15.8. The highest BCUT2D eigenvalue weighted by Crippen LogP contribution is 2.35. The largest absolute Gasteiger partial charge is 0.355 e. The van der Waals surface area contributed by atoms with E-state index in [0.29, 0.717) is 21.6 Å². The van der Waals surface area contributed by atoms with E-state index in [0.717, 1.165) is 16.9 Å². The molecule has 1 N–H and O–H groups in total. The molecule has 23 heavy (non-hydrogen) atoms. The Hall–Kier alpha value is -2.66. The first-order chi connectivity index (χ1) is 11.0. The maximum absolute atomic E-state index is 11.4. The summed E-state index contributed by atoms with van der Waals surface area (Å²) >= 11 is 5.90. The van der Waals surface area contributed by atoms with E-state index < -0.39 is 0 Å². The Balaban J connectivity index is 2.24. The van der Waals surface area contributed by atoms with Gasteiger partial charge < -0.3 is 5.32 Å². The Morgan fingerprint density at radius 2 is 1.83 bits per heavy atom. The zero-order valence-corrected chi connectivity index (χ0v) is 13.4. The SMILES string of the molecule is Cc1cc(Nc2ccc(Cl)cc2)c2c([N+](=O)[O-])ccc(C)c2n1. The van der Waals surface area contributed by atoms with E-state index in [1.807, 2.05) is 32.0 Å². The van der Waals surface area contributed by atoms with Gasteiger partial charge in [-0.05, 0) is 49.7 Å². The Morgan fingerprint density at radius 1 is 1.13 bits per heavy atom. The van der Waals surface area contributed by atoms with Crippen molar-refractivity contribution in [2.24, 2.45) is 0 Å². The van der Waals surface area contributed by atoms with Crippen LogP contribution in [0.1, 0.15) is 11.3 Å². The number of anilines is 2. The van der Waals surface area contributed by atoms with E-state index in [1.165, 1.54) is 6.07 Å². The zero-order chi connectivity index (χ0) is 16.6. The van der Waals surface area contributed by atoms with Crippen LogP contribution < -0.4 is 5.32 Å². The van der Waals surface area contributed by atoms with Crippen LogP contribution in [0.3, 0.4) is 0 Å². The lowest BCUT2D eigenvalue weighted by molar-refractivity contribution is -0.383. The standard InChI is InChI=1S/C17H14ClN3O2/c1-10-3-8-15(21(22)23)16-14(9-11(2)19-17(10)16)20-13-6-4-12(18)5-7-13/h3-9H,1-2H3,(H,19,20). The molecule has 0 saturated carbocycles. The number of hydrogen-bond acceptors (Lipinski definition) is 4. The van der Waals surface area contributed by atoms with Gasteiger partial charge in [0.25, 0.3) is 5.69 Å². The highest BCUT2D eigenvalue weighted by Gasteiger charge is 2.18. The lowest BCUT2D eigenvalue weighted by Crippen LogP contribution is -1.99. The molecule has 0 radical (unpaired) electrons. The normalized spacial score (nSPS) is 10.7. The summed E-state index contributed by atoms with van der Waals surface area (Å²) in [7, 11) is 0. The van der Waals surface area contributed by atoms with Crippen molar-refractivity contribution >= 4 is 39.6 Å². The van der Waals surface area contributed by atoms with Gasteiger partial charge in [0.05, 0.1) is 16.1 Å². The van der Waals surface area contributed by atoms with Crippen molar-refractivity contribution < 1.29 is 4.92 Å². The number of pyridine rings is 1. The van der Waals surface area contributed by atoms with Gasteiger partial charge in [-0.25, -0.2) is 0 Å². The van der Waals surface area contributed by atoms with Crippen molar-refractivity contribution in [3.05, 3.63) is 68.9 Å². The number of halogens is 1. The maximum atomic E-state index is 11.4. The molecule has 0 aliphatic carbocycles. The minimum atomic E-state index is -0.383. The molecule has 0 fully saturated rings. The number of benzene rings is 2. The number of non-ortho nitro benzene ring substituents is 1. The molecule has 2 aromatic carbocycles. The lowest BCUT2D eigenvalue weighted by Gasteiger charge is -2.12. The third-order valence-electron chi connectivity index (χ3n) is 3.59. The van der Waals surface area contributed by atoms with Crippen LogP contribution in [0.4, 0.5) is 17.1 Å². The summed E-state index contributed by atoms with van der Waals surface area (Å²) in [6.07, 6.45) is 0. The number of hydrogen-bond donors (Lipinski definition) is 1. The van der Waals surface area contributed by atoms with E-state index in [9.17, 15) is 10.1 Å². The second-order valence-corrected chi connectivity index (χ2v) is 5.76. The van der Waals surface area contributed by atoms with E-state index in [1.54, 1.807) is 18.2 Å². The molecule has 0 aliphatic rings. The predicted octanol–water partition coefficient (Wildman–Crippen LogP) is 5.16. The van der Waals surface area contributed by atoms with Gasteiger partial charge in [-0.1, -0.05) is 17.7 Å². The molecule has 1 heterocycles. The number of nitro benzene ring substituents is 1. The Kier molecular flexibility index (Phi) is 3.88. The Bertz CT molecular complexity index is 908. The van der Waals surface area contributed by atoms with Crippen LogP contribution in [-0.2, 0) is 0 Å². The first-order valence-corrected chi connectivity index (χ1v) is 7.41. The van der Waals surface area contributed by atoms with Gasteiger partial charge in [0.2, 0.25) is 0 Å². The number of aryl methyl sites for hydroxylation is 2. The highest BCUT2D eigenvalue weighted by atomic mass is 35.5. The maximum Gasteiger partial charge on any atom is 0.280 e. The van der Waals surface area contributed by atoms with Crippen LogP contribution in [0.2, 0.25) is 5.02 Å². The minimum Gasteiger partial charge on any atom is -0.355 e. The number of rotatable bonds is 3. The monoisotopic (exact) mass is 327 g/mol. The molecule has 0 amide bonds.